The first kappa shape index (κ1) is 25.9. The topological polar surface area (TPSA) is 73.6 Å². The Morgan fingerprint density at radius 1 is 1.16 bits per heavy atom. The number of aryl methyl sites for hydroxylation is 1. The van der Waals surface area contributed by atoms with Crippen molar-refractivity contribution in [3.8, 4) is 11.5 Å². The molecule has 192 valence electrons. The lowest BCUT2D eigenvalue weighted by Gasteiger charge is -2.38. The molecule has 9 heteroatoms. The minimum absolute atomic E-state index is 0.0928. The smallest absolute Gasteiger partial charge is 0.292 e. The lowest BCUT2D eigenvalue weighted by Crippen LogP contribution is -2.30. The number of anilines is 1. The van der Waals surface area contributed by atoms with Crippen LogP contribution in [0.1, 0.15) is 46.2 Å². The molecule has 1 aliphatic carbocycles. The van der Waals surface area contributed by atoms with Gasteiger partial charge < -0.3 is 14.8 Å². The van der Waals surface area contributed by atoms with Crippen LogP contribution in [0, 0.1) is 29.9 Å². The summed E-state index contributed by atoms with van der Waals surface area (Å²) in [7, 11) is 1.60. The zero-order chi connectivity index (χ0) is 26.4. The van der Waals surface area contributed by atoms with Gasteiger partial charge in [0.05, 0.1) is 32.6 Å². The molecule has 0 amide bonds. The Balaban J connectivity index is 1.51. The van der Waals surface area contributed by atoms with Crippen LogP contribution in [-0.4, -0.2) is 12.0 Å². The number of nitro groups is 1. The molecule has 5 rings (SSSR count). The monoisotopic (exact) mass is 602 g/mol. The number of methoxy groups -OCH3 is 1. The van der Waals surface area contributed by atoms with Crippen molar-refractivity contribution in [3.63, 3.8) is 0 Å². The van der Waals surface area contributed by atoms with E-state index in [-0.39, 0.29) is 35.1 Å². The van der Waals surface area contributed by atoms with Gasteiger partial charge in [-0.15, -0.1) is 0 Å². The van der Waals surface area contributed by atoms with Crippen molar-refractivity contribution in [2.24, 2.45) is 5.92 Å². The molecule has 2 aliphatic rings. The van der Waals surface area contributed by atoms with Crippen LogP contribution in [0.3, 0.4) is 0 Å². The van der Waals surface area contributed by atoms with E-state index >= 15 is 0 Å². The number of nitro benzene ring substituents is 1. The number of hydrogen-bond donors (Lipinski definition) is 1. The Bertz CT molecular complexity index is 1440. The van der Waals surface area contributed by atoms with Crippen LogP contribution in [-0.2, 0) is 6.61 Å². The molecule has 3 aromatic carbocycles. The molecule has 0 radical (unpaired) electrons. The number of nitrogens with zero attached hydrogens (tertiary/aromatic N) is 1. The molecule has 0 saturated heterocycles. The van der Waals surface area contributed by atoms with Gasteiger partial charge in [-0.05, 0) is 94.2 Å². The van der Waals surface area contributed by atoms with Crippen LogP contribution in [0.15, 0.2) is 53.0 Å². The summed E-state index contributed by atoms with van der Waals surface area (Å²) < 4.78 is 12.5. The number of benzene rings is 3. The van der Waals surface area contributed by atoms with E-state index in [2.05, 4.69) is 33.4 Å². The second-order valence-electron chi connectivity index (χ2n) is 9.43. The Kier molecular flexibility index (Phi) is 7.14. The summed E-state index contributed by atoms with van der Waals surface area (Å²) in [5, 5.41) is 16.5. The Labute approximate surface area is 233 Å². The number of rotatable bonds is 6. The van der Waals surface area contributed by atoms with E-state index in [0.717, 1.165) is 38.7 Å². The average Bonchev–Trinajstić information content (AvgIpc) is 3.36. The average molecular weight is 604 g/mol. The number of fused-ring (bicyclic) bond motifs is 3. The first-order chi connectivity index (χ1) is 17.7. The van der Waals surface area contributed by atoms with Gasteiger partial charge in [0.25, 0.3) is 5.69 Å². The zero-order valence-corrected chi connectivity index (χ0v) is 23.6. The predicted molar refractivity (Wildman–Crippen MR) is 150 cm³/mol. The van der Waals surface area contributed by atoms with Crippen LogP contribution in [0.25, 0.3) is 0 Å². The highest BCUT2D eigenvalue weighted by atomic mass is 79.9. The highest BCUT2D eigenvalue weighted by Gasteiger charge is 2.42. The number of ether oxygens (including phenoxy) is 2. The lowest BCUT2D eigenvalue weighted by molar-refractivity contribution is -0.384. The van der Waals surface area contributed by atoms with Gasteiger partial charge in [-0.1, -0.05) is 41.4 Å². The molecule has 0 bridgehead atoms. The van der Waals surface area contributed by atoms with Gasteiger partial charge in [0.2, 0.25) is 0 Å². The molecule has 0 fully saturated rings. The summed E-state index contributed by atoms with van der Waals surface area (Å²) in [5.74, 6) is 1.43. The minimum atomic E-state index is -0.301. The molecule has 0 aromatic heterocycles. The van der Waals surface area contributed by atoms with E-state index in [0.29, 0.717) is 27.2 Å². The van der Waals surface area contributed by atoms with E-state index in [1.807, 2.05) is 32.0 Å². The van der Waals surface area contributed by atoms with E-state index in [1.165, 1.54) is 0 Å². The molecule has 6 nitrogen and oxygen atoms in total. The number of halogens is 3. The summed E-state index contributed by atoms with van der Waals surface area (Å²) in [6.45, 7) is 4.25. The molecule has 1 aliphatic heterocycles. The number of allylic oxidation sites excluding steroid dienone is 2. The normalized spacial score (nSPS) is 19.7. The van der Waals surface area contributed by atoms with Gasteiger partial charge in [-0.3, -0.25) is 10.1 Å². The van der Waals surface area contributed by atoms with Crippen LogP contribution in [0.4, 0.5) is 11.4 Å². The van der Waals surface area contributed by atoms with Crippen molar-refractivity contribution in [3.05, 3.63) is 101 Å². The highest BCUT2D eigenvalue weighted by molar-refractivity contribution is 9.10. The standard InChI is InChI=1S/C28H25BrCl2N2O4/c1-14-9-23(33(34)35)27-25(15(14)2)18-5-4-6-19(18)26(32-27)17-11-20(29)28(24(12-17)36-3)37-13-16-7-8-21(30)22(31)10-16/h4-5,7-12,18-19,26,32H,6,13H2,1-3H3/t18-,19+,26-/m0/s1. The zero-order valence-electron chi connectivity index (χ0n) is 20.5. The fourth-order valence-corrected chi connectivity index (χ4v) is 6.29. The maximum Gasteiger partial charge on any atom is 0.292 e. The fourth-order valence-electron chi connectivity index (χ4n) is 5.40. The molecular formula is C28H25BrCl2N2O4. The number of hydrogen-bond acceptors (Lipinski definition) is 5. The van der Waals surface area contributed by atoms with Crippen molar-refractivity contribution >= 4 is 50.5 Å². The van der Waals surface area contributed by atoms with Crippen LogP contribution in [0.5, 0.6) is 11.5 Å². The summed E-state index contributed by atoms with van der Waals surface area (Å²) in [6.07, 6.45) is 5.24. The Morgan fingerprint density at radius 3 is 2.65 bits per heavy atom. The number of nitrogens with one attached hydrogen (secondary N) is 1. The van der Waals surface area contributed by atoms with Gasteiger partial charge in [-0.2, -0.15) is 0 Å². The molecule has 1 N–H and O–H groups in total. The second-order valence-corrected chi connectivity index (χ2v) is 11.1. The summed E-state index contributed by atoms with van der Waals surface area (Å²) in [6, 6.07) is 10.8. The van der Waals surface area contributed by atoms with Gasteiger partial charge >= 0.3 is 0 Å². The maximum atomic E-state index is 12.0. The third-order valence-electron chi connectivity index (χ3n) is 7.32. The maximum absolute atomic E-state index is 12.0. The van der Waals surface area contributed by atoms with Crippen LogP contribution >= 0.6 is 39.1 Å². The third-order valence-corrected chi connectivity index (χ3v) is 8.65. The van der Waals surface area contributed by atoms with Gasteiger partial charge in [0.15, 0.2) is 11.5 Å². The first-order valence-electron chi connectivity index (χ1n) is 11.9. The van der Waals surface area contributed by atoms with Crippen molar-refractivity contribution < 1.29 is 14.4 Å². The third kappa shape index (κ3) is 4.69. The first-order valence-corrected chi connectivity index (χ1v) is 13.4. The Hall–Kier alpha value is -2.74. The van der Waals surface area contributed by atoms with E-state index in [4.69, 9.17) is 32.7 Å². The van der Waals surface area contributed by atoms with Crippen molar-refractivity contribution in [1.29, 1.82) is 0 Å². The van der Waals surface area contributed by atoms with Crippen molar-refractivity contribution in [1.82, 2.24) is 0 Å². The molecule has 0 unspecified atom stereocenters. The molecule has 0 saturated carbocycles. The molecule has 37 heavy (non-hydrogen) atoms. The van der Waals surface area contributed by atoms with Gasteiger partial charge in [0, 0.05) is 12.0 Å². The molecule has 0 spiro atoms. The van der Waals surface area contributed by atoms with E-state index in [1.54, 1.807) is 25.3 Å². The molecular weight excluding hydrogens is 579 g/mol. The fraction of sp³-hybridized carbons (Fsp3) is 0.286. The minimum Gasteiger partial charge on any atom is -0.493 e. The Morgan fingerprint density at radius 2 is 1.95 bits per heavy atom. The van der Waals surface area contributed by atoms with Gasteiger partial charge in [-0.25, -0.2) is 0 Å². The van der Waals surface area contributed by atoms with Gasteiger partial charge in [0.1, 0.15) is 12.3 Å². The molecule has 1 heterocycles. The molecule has 3 atom stereocenters. The van der Waals surface area contributed by atoms with Crippen molar-refractivity contribution in [2.75, 3.05) is 12.4 Å². The summed E-state index contributed by atoms with van der Waals surface area (Å²) in [5.41, 5.74) is 5.58. The highest BCUT2D eigenvalue weighted by Crippen LogP contribution is 2.54. The van der Waals surface area contributed by atoms with Crippen LogP contribution < -0.4 is 14.8 Å². The van der Waals surface area contributed by atoms with E-state index < -0.39 is 0 Å². The molecule has 3 aromatic rings. The summed E-state index contributed by atoms with van der Waals surface area (Å²) >= 11 is 15.8. The SMILES string of the molecule is COc1cc([C@@H]2Nc3c([N+](=O)[O-])cc(C)c(C)c3[C@H]3C=CC[C@H]32)cc(Br)c1OCc1ccc(Cl)c(Cl)c1. The quantitative estimate of drug-likeness (QED) is 0.173. The summed E-state index contributed by atoms with van der Waals surface area (Å²) in [4.78, 5) is 11.7. The van der Waals surface area contributed by atoms with Crippen LogP contribution in [0.2, 0.25) is 10.0 Å². The second kappa shape index (κ2) is 10.2. The largest absolute Gasteiger partial charge is 0.493 e. The van der Waals surface area contributed by atoms with E-state index in [9.17, 15) is 10.1 Å². The predicted octanol–water partition coefficient (Wildman–Crippen LogP) is 8.70. The lowest BCUT2D eigenvalue weighted by atomic mass is 9.74. The van der Waals surface area contributed by atoms with Crippen molar-refractivity contribution in [2.45, 2.75) is 38.8 Å².